The summed E-state index contributed by atoms with van der Waals surface area (Å²) in [6, 6.07) is 4.60. The zero-order chi connectivity index (χ0) is 15.1. The number of aromatic nitrogens is 2. The molecule has 1 aromatic heterocycles. The molecule has 0 aliphatic carbocycles. The van der Waals surface area contributed by atoms with Crippen LogP contribution in [0.5, 0.6) is 0 Å². The van der Waals surface area contributed by atoms with Crippen LogP contribution in [0.2, 0.25) is 0 Å². The molecule has 0 aliphatic rings. The predicted molar refractivity (Wildman–Crippen MR) is 78.2 cm³/mol. The number of benzene rings is 1. The van der Waals surface area contributed by atoms with Gasteiger partial charge in [-0.2, -0.15) is 0 Å². The highest BCUT2D eigenvalue weighted by molar-refractivity contribution is 7.92. The molecule has 20 heavy (non-hydrogen) atoms. The molecule has 0 aliphatic heterocycles. The lowest BCUT2D eigenvalue weighted by Crippen LogP contribution is -2.36. The highest BCUT2D eigenvalue weighted by Gasteiger charge is 2.32. The zero-order valence-electron chi connectivity index (χ0n) is 11.5. The molecule has 1 heterocycles. The van der Waals surface area contributed by atoms with Crippen molar-refractivity contribution >= 4 is 32.5 Å². The lowest BCUT2D eigenvalue weighted by molar-refractivity contribution is 0.503. The van der Waals surface area contributed by atoms with E-state index in [4.69, 9.17) is 11.6 Å². The molecule has 1 aromatic carbocycles. The number of hydrogen-bond acceptors (Lipinski definition) is 3. The summed E-state index contributed by atoms with van der Waals surface area (Å²) in [6.45, 7) is 3.44. The van der Waals surface area contributed by atoms with Crippen molar-refractivity contribution in [2.45, 2.75) is 31.0 Å². The number of alkyl halides is 1. The number of fused-ring (bicyclic) bond motifs is 1. The van der Waals surface area contributed by atoms with Crippen molar-refractivity contribution in [3.8, 4) is 0 Å². The average Bonchev–Trinajstić information content (AvgIpc) is 2.67. The number of rotatable bonds is 4. The third-order valence-electron chi connectivity index (χ3n) is 3.47. The van der Waals surface area contributed by atoms with Crippen molar-refractivity contribution < 1.29 is 12.8 Å². The van der Waals surface area contributed by atoms with Crippen molar-refractivity contribution in [1.29, 1.82) is 0 Å². The van der Waals surface area contributed by atoms with E-state index >= 15 is 0 Å². The minimum atomic E-state index is -3.27. The number of nitrogens with zero attached hydrogens (tertiary/aromatic N) is 2. The van der Waals surface area contributed by atoms with Gasteiger partial charge >= 0.3 is 0 Å². The van der Waals surface area contributed by atoms with Gasteiger partial charge < -0.3 is 4.57 Å². The van der Waals surface area contributed by atoms with Gasteiger partial charge in [0, 0.05) is 12.8 Å². The number of sulfone groups is 1. The first-order valence-electron chi connectivity index (χ1n) is 6.06. The lowest BCUT2D eigenvalue weighted by atomic mass is 10.2. The Morgan fingerprint density at radius 3 is 2.60 bits per heavy atom. The molecule has 0 atom stereocenters. The highest BCUT2D eigenvalue weighted by Crippen LogP contribution is 2.25. The van der Waals surface area contributed by atoms with Crippen LogP contribution in [0.1, 0.15) is 19.7 Å². The van der Waals surface area contributed by atoms with E-state index < -0.39 is 20.4 Å². The molecule has 110 valence electrons. The molecule has 2 aromatic rings. The second-order valence-electron chi connectivity index (χ2n) is 5.39. The second-order valence-corrected chi connectivity index (χ2v) is 8.30. The van der Waals surface area contributed by atoms with E-state index in [1.54, 1.807) is 30.5 Å². The summed E-state index contributed by atoms with van der Waals surface area (Å²) < 4.78 is 38.1. The third kappa shape index (κ3) is 2.54. The fourth-order valence-electron chi connectivity index (χ4n) is 1.94. The molecule has 2 rings (SSSR count). The summed E-state index contributed by atoms with van der Waals surface area (Å²) in [5.41, 5.74) is 0.768. The fraction of sp³-hybridized carbons (Fsp3) is 0.462. The van der Waals surface area contributed by atoms with Crippen LogP contribution in [0.3, 0.4) is 0 Å². The summed E-state index contributed by atoms with van der Waals surface area (Å²) in [7, 11) is -3.27. The smallest absolute Gasteiger partial charge is 0.154 e. The van der Waals surface area contributed by atoms with Crippen molar-refractivity contribution in [1.82, 2.24) is 9.55 Å². The molecule has 0 unspecified atom stereocenters. The van der Waals surface area contributed by atoms with E-state index in [0.717, 1.165) is 0 Å². The number of hydrogen-bond donors (Lipinski definition) is 0. The first-order chi connectivity index (χ1) is 9.17. The van der Waals surface area contributed by atoms with Crippen LogP contribution >= 0.6 is 11.6 Å². The lowest BCUT2D eigenvalue weighted by Gasteiger charge is -2.24. The molecule has 0 saturated carbocycles. The number of halogens is 2. The number of para-hydroxylation sites is 1. The monoisotopic (exact) mass is 318 g/mol. The molecule has 0 amide bonds. The van der Waals surface area contributed by atoms with Gasteiger partial charge in [-0.25, -0.2) is 17.8 Å². The first kappa shape index (κ1) is 15.3. The van der Waals surface area contributed by atoms with Crippen LogP contribution in [-0.4, -0.2) is 29.0 Å². The summed E-state index contributed by atoms with van der Waals surface area (Å²) >= 11 is 5.84. The van der Waals surface area contributed by atoms with E-state index in [1.165, 1.54) is 12.3 Å². The maximum Gasteiger partial charge on any atom is 0.154 e. The summed E-state index contributed by atoms with van der Waals surface area (Å²) in [4.78, 5) is 4.16. The van der Waals surface area contributed by atoms with Crippen LogP contribution in [0.25, 0.3) is 11.0 Å². The fourth-order valence-corrected chi connectivity index (χ4v) is 2.51. The highest BCUT2D eigenvalue weighted by atomic mass is 35.5. The Balaban J connectivity index is 2.62. The first-order valence-corrected chi connectivity index (χ1v) is 8.49. The van der Waals surface area contributed by atoms with E-state index in [-0.39, 0.29) is 17.9 Å². The molecule has 7 heteroatoms. The van der Waals surface area contributed by atoms with Crippen molar-refractivity contribution in [3.05, 3.63) is 29.8 Å². The molecule has 4 nitrogen and oxygen atoms in total. The SMILES string of the molecule is CC(C)(Cn1c(CCl)nc2c(F)cccc21)S(C)(=O)=O. The van der Waals surface area contributed by atoms with Gasteiger partial charge in [0.15, 0.2) is 15.7 Å². The zero-order valence-corrected chi connectivity index (χ0v) is 13.1. The van der Waals surface area contributed by atoms with Crippen LogP contribution in [0.4, 0.5) is 4.39 Å². The molecular weight excluding hydrogens is 303 g/mol. The maximum atomic E-state index is 13.7. The Bertz CT molecular complexity index is 753. The van der Waals surface area contributed by atoms with Gasteiger partial charge in [0.05, 0.1) is 16.1 Å². The standard InChI is InChI=1S/C13H16ClFN2O2S/c1-13(2,20(3,18)19)8-17-10-6-4-5-9(15)12(10)16-11(17)7-14/h4-6H,7-8H2,1-3H3. The largest absolute Gasteiger partial charge is 0.325 e. The van der Waals surface area contributed by atoms with Crippen LogP contribution < -0.4 is 0 Å². The Morgan fingerprint density at radius 2 is 2.05 bits per heavy atom. The minimum absolute atomic E-state index is 0.0912. The van der Waals surface area contributed by atoms with E-state index in [2.05, 4.69) is 4.98 Å². The topological polar surface area (TPSA) is 52.0 Å². The summed E-state index contributed by atoms with van der Waals surface area (Å²) in [6.07, 6.45) is 1.19. The third-order valence-corrected chi connectivity index (χ3v) is 5.85. The molecule has 0 radical (unpaired) electrons. The van der Waals surface area contributed by atoms with Crippen molar-refractivity contribution in [3.63, 3.8) is 0 Å². The predicted octanol–water partition coefficient (Wildman–Crippen LogP) is 2.74. The Hall–Kier alpha value is -1.14. The van der Waals surface area contributed by atoms with E-state index in [9.17, 15) is 12.8 Å². The van der Waals surface area contributed by atoms with E-state index in [1.807, 2.05) is 0 Å². The van der Waals surface area contributed by atoms with Gasteiger partial charge in [-0.05, 0) is 26.0 Å². The summed E-state index contributed by atoms with van der Waals surface area (Å²) in [5, 5.41) is 0. The average molecular weight is 319 g/mol. The molecule has 0 spiro atoms. The van der Waals surface area contributed by atoms with Crippen LogP contribution in [0, 0.1) is 5.82 Å². The quantitative estimate of drug-likeness (QED) is 0.814. The Kier molecular flexibility index (Phi) is 3.81. The second kappa shape index (κ2) is 5.00. The molecule has 0 bridgehead atoms. The Morgan fingerprint density at radius 1 is 1.40 bits per heavy atom. The van der Waals surface area contributed by atoms with Gasteiger partial charge in [-0.3, -0.25) is 0 Å². The maximum absolute atomic E-state index is 13.7. The molecule has 0 saturated heterocycles. The normalized spacial score (nSPS) is 13.1. The van der Waals surface area contributed by atoms with Crippen LogP contribution in [0.15, 0.2) is 18.2 Å². The van der Waals surface area contributed by atoms with Gasteiger partial charge in [0.1, 0.15) is 11.3 Å². The molecule has 0 fully saturated rings. The van der Waals surface area contributed by atoms with Gasteiger partial charge in [-0.15, -0.1) is 11.6 Å². The summed E-state index contributed by atoms with van der Waals surface area (Å²) in [5.74, 6) is 0.113. The van der Waals surface area contributed by atoms with Gasteiger partial charge in [0.2, 0.25) is 0 Å². The van der Waals surface area contributed by atoms with Crippen LogP contribution in [-0.2, 0) is 22.3 Å². The van der Waals surface area contributed by atoms with Gasteiger partial charge in [-0.1, -0.05) is 6.07 Å². The van der Waals surface area contributed by atoms with Gasteiger partial charge in [0.25, 0.3) is 0 Å². The van der Waals surface area contributed by atoms with Crippen molar-refractivity contribution in [2.75, 3.05) is 6.26 Å². The minimum Gasteiger partial charge on any atom is -0.325 e. The molecule has 0 N–H and O–H groups in total. The molecular formula is C13H16ClFN2O2S. The van der Waals surface area contributed by atoms with Crippen molar-refractivity contribution in [2.24, 2.45) is 0 Å². The number of imidazole rings is 1. The Labute approximate surface area is 122 Å². The van der Waals surface area contributed by atoms with E-state index in [0.29, 0.717) is 11.3 Å².